The summed E-state index contributed by atoms with van der Waals surface area (Å²) < 4.78 is 27.0. The maximum Gasteiger partial charge on any atom is 0.261 e. The lowest BCUT2D eigenvalue weighted by molar-refractivity contribution is 0.601. The lowest BCUT2D eigenvalue weighted by Gasteiger charge is -2.09. The van der Waals surface area contributed by atoms with E-state index in [1.165, 1.54) is 18.6 Å². The molecular formula is C17H23ClN2O2S. The molecule has 0 aliphatic heterocycles. The van der Waals surface area contributed by atoms with Crippen molar-refractivity contribution in [2.75, 3.05) is 11.3 Å². The van der Waals surface area contributed by atoms with E-state index >= 15 is 0 Å². The van der Waals surface area contributed by atoms with Gasteiger partial charge in [0.25, 0.3) is 10.0 Å². The molecule has 2 rings (SSSR count). The molecule has 23 heavy (non-hydrogen) atoms. The number of nitrogens with one attached hydrogen (secondary N) is 1. The predicted octanol–water partition coefficient (Wildman–Crippen LogP) is 4.06. The molecule has 126 valence electrons. The van der Waals surface area contributed by atoms with E-state index in [4.69, 9.17) is 17.3 Å². The normalized spacial score (nSPS) is 10.6. The second-order valence-corrected chi connectivity index (χ2v) is 7.13. The fraction of sp³-hybridized carbons (Fsp3) is 0.294. The molecule has 0 radical (unpaired) electrons. The molecule has 0 heterocycles. The highest BCUT2D eigenvalue weighted by molar-refractivity contribution is 7.92. The van der Waals surface area contributed by atoms with Gasteiger partial charge >= 0.3 is 0 Å². The molecule has 0 saturated heterocycles. The lowest BCUT2D eigenvalue weighted by atomic mass is 10.1. The minimum atomic E-state index is -3.63. The molecule has 0 aliphatic rings. The summed E-state index contributed by atoms with van der Waals surface area (Å²) in [5.74, 6) is 0. The summed E-state index contributed by atoms with van der Waals surface area (Å²) in [6.07, 6.45) is 1.95. The SMILES string of the molecule is CCC.NCCc1cccc(NS(=O)(=O)c2cccc(Cl)c2)c1. The molecule has 3 N–H and O–H groups in total. The maximum atomic E-state index is 12.2. The zero-order chi connectivity index (χ0) is 17.3. The van der Waals surface area contributed by atoms with Gasteiger partial charge in [-0.25, -0.2) is 8.42 Å². The van der Waals surface area contributed by atoms with Gasteiger partial charge in [-0.1, -0.05) is 50.1 Å². The van der Waals surface area contributed by atoms with Gasteiger partial charge in [0, 0.05) is 10.7 Å². The Balaban J connectivity index is 0.000000816. The molecule has 0 unspecified atom stereocenters. The van der Waals surface area contributed by atoms with Gasteiger partial charge in [-0.2, -0.15) is 0 Å². The fourth-order valence-corrected chi connectivity index (χ4v) is 3.16. The smallest absolute Gasteiger partial charge is 0.261 e. The molecule has 0 spiro atoms. The minimum Gasteiger partial charge on any atom is -0.330 e. The molecule has 0 saturated carbocycles. The minimum absolute atomic E-state index is 0.134. The summed E-state index contributed by atoms with van der Waals surface area (Å²) in [6.45, 7) is 4.77. The van der Waals surface area contributed by atoms with E-state index in [0.717, 1.165) is 5.56 Å². The summed E-state index contributed by atoms with van der Waals surface area (Å²) in [5, 5.41) is 0.379. The molecule has 0 bridgehead atoms. The number of anilines is 1. The van der Waals surface area contributed by atoms with Crippen molar-refractivity contribution in [1.82, 2.24) is 0 Å². The van der Waals surface area contributed by atoms with E-state index in [1.807, 2.05) is 6.07 Å². The summed E-state index contributed by atoms with van der Waals surface area (Å²) in [4.78, 5) is 0.134. The van der Waals surface area contributed by atoms with Gasteiger partial charge in [0.05, 0.1) is 4.90 Å². The molecule has 0 aliphatic carbocycles. The topological polar surface area (TPSA) is 72.2 Å². The van der Waals surface area contributed by atoms with Crippen LogP contribution in [0.15, 0.2) is 53.4 Å². The Labute approximate surface area is 143 Å². The monoisotopic (exact) mass is 354 g/mol. The second-order valence-electron chi connectivity index (χ2n) is 5.01. The van der Waals surface area contributed by atoms with Crippen molar-refractivity contribution in [3.05, 3.63) is 59.1 Å². The number of nitrogens with two attached hydrogens (primary N) is 1. The number of hydrogen-bond donors (Lipinski definition) is 2. The third-order valence-corrected chi connectivity index (χ3v) is 4.33. The van der Waals surface area contributed by atoms with Crippen LogP contribution in [0.2, 0.25) is 5.02 Å². The highest BCUT2D eigenvalue weighted by atomic mass is 35.5. The van der Waals surface area contributed by atoms with Crippen molar-refractivity contribution in [3.8, 4) is 0 Å². The van der Waals surface area contributed by atoms with Crippen LogP contribution in [0.5, 0.6) is 0 Å². The molecule has 0 atom stereocenters. The van der Waals surface area contributed by atoms with Gasteiger partial charge in [-0.05, 0) is 48.9 Å². The first-order chi connectivity index (χ1) is 10.9. The summed E-state index contributed by atoms with van der Waals surface area (Å²) >= 11 is 5.81. The van der Waals surface area contributed by atoms with Gasteiger partial charge < -0.3 is 5.73 Å². The van der Waals surface area contributed by atoms with Gasteiger partial charge in [0.2, 0.25) is 0 Å². The Bertz CT molecular complexity index is 718. The Morgan fingerprint density at radius 1 is 1.09 bits per heavy atom. The van der Waals surface area contributed by atoms with E-state index in [2.05, 4.69) is 18.6 Å². The Kier molecular flexibility index (Phi) is 8.09. The van der Waals surface area contributed by atoms with Crippen molar-refractivity contribution in [2.24, 2.45) is 5.73 Å². The molecule has 4 nitrogen and oxygen atoms in total. The Morgan fingerprint density at radius 2 is 1.74 bits per heavy atom. The number of halogens is 1. The van der Waals surface area contributed by atoms with E-state index in [9.17, 15) is 8.42 Å². The molecule has 0 amide bonds. The van der Waals surface area contributed by atoms with Crippen molar-refractivity contribution in [3.63, 3.8) is 0 Å². The van der Waals surface area contributed by atoms with E-state index in [1.54, 1.807) is 30.3 Å². The quantitative estimate of drug-likeness (QED) is 0.850. The van der Waals surface area contributed by atoms with Gasteiger partial charge in [0.15, 0.2) is 0 Å². The lowest BCUT2D eigenvalue weighted by Crippen LogP contribution is -2.13. The highest BCUT2D eigenvalue weighted by Crippen LogP contribution is 2.20. The van der Waals surface area contributed by atoms with Gasteiger partial charge in [-0.15, -0.1) is 0 Å². The molecule has 2 aromatic carbocycles. The van der Waals surface area contributed by atoms with Crippen molar-refractivity contribution >= 4 is 27.3 Å². The Morgan fingerprint density at radius 3 is 2.35 bits per heavy atom. The van der Waals surface area contributed by atoms with Crippen LogP contribution in [0.4, 0.5) is 5.69 Å². The van der Waals surface area contributed by atoms with Gasteiger partial charge in [0.1, 0.15) is 0 Å². The van der Waals surface area contributed by atoms with E-state index in [-0.39, 0.29) is 4.90 Å². The van der Waals surface area contributed by atoms with Gasteiger partial charge in [-0.3, -0.25) is 4.72 Å². The molecule has 0 fully saturated rings. The van der Waals surface area contributed by atoms with E-state index < -0.39 is 10.0 Å². The summed E-state index contributed by atoms with van der Waals surface area (Å²) in [6, 6.07) is 13.3. The van der Waals surface area contributed by atoms with Crippen LogP contribution in [-0.4, -0.2) is 15.0 Å². The number of benzene rings is 2. The molecule has 6 heteroatoms. The molecular weight excluding hydrogens is 332 g/mol. The number of sulfonamides is 1. The van der Waals surface area contributed by atoms with Crippen LogP contribution in [0.3, 0.4) is 0 Å². The van der Waals surface area contributed by atoms with Crippen molar-refractivity contribution in [1.29, 1.82) is 0 Å². The van der Waals surface area contributed by atoms with Crippen LogP contribution < -0.4 is 10.5 Å². The number of rotatable bonds is 5. The molecule has 0 aromatic heterocycles. The summed E-state index contributed by atoms with van der Waals surface area (Å²) in [7, 11) is -3.63. The largest absolute Gasteiger partial charge is 0.330 e. The van der Waals surface area contributed by atoms with Crippen molar-refractivity contribution in [2.45, 2.75) is 31.6 Å². The number of hydrogen-bond acceptors (Lipinski definition) is 3. The first-order valence-corrected chi connectivity index (χ1v) is 9.36. The third kappa shape index (κ3) is 6.60. The first kappa shape index (κ1) is 19.5. The zero-order valence-electron chi connectivity index (χ0n) is 13.4. The fourth-order valence-electron chi connectivity index (χ4n) is 1.81. The third-order valence-electron chi connectivity index (χ3n) is 2.72. The standard InChI is InChI=1S/C14H15ClN2O2S.C3H8/c15-12-4-2-6-14(10-12)20(18,19)17-13-5-1-3-11(9-13)7-8-16;1-3-2/h1-6,9-10,17H,7-8,16H2;3H2,1-2H3. The van der Waals surface area contributed by atoms with Crippen LogP contribution in [0, 0.1) is 0 Å². The average molecular weight is 355 g/mol. The highest BCUT2D eigenvalue weighted by Gasteiger charge is 2.14. The molecule has 2 aromatic rings. The maximum absolute atomic E-state index is 12.2. The predicted molar refractivity (Wildman–Crippen MR) is 97.4 cm³/mol. The van der Waals surface area contributed by atoms with Crippen LogP contribution in [-0.2, 0) is 16.4 Å². The van der Waals surface area contributed by atoms with Crippen LogP contribution in [0.25, 0.3) is 0 Å². The Hall–Kier alpha value is -1.56. The van der Waals surface area contributed by atoms with Crippen molar-refractivity contribution < 1.29 is 8.42 Å². The summed E-state index contributed by atoms with van der Waals surface area (Å²) in [5.41, 5.74) is 6.99. The first-order valence-electron chi connectivity index (χ1n) is 7.50. The van der Waals surface area contributed by atoms with Crippen LogP contribution in [0.1, 0.15) is 25.8 Å². The zero-order valence-corrected chi connectivity index (χ0v) is 15.0. The second kappa shape index (κ2) is 9.55. The van der Waals surface area contributed by atoms with E-state index in [0.29, 0.717) is 23.7 Å². The average Bonchev–Trinajstić information content (AvgIpc) is 2.48. The van der Waals surface area contributed by atoms with Crippen LogP contribution >= 0.6 is 11.6 Å².